The fraction of sp³-hybridized carbons (Fsp3) is 0.286. The van der Waals surface area contributed by atoms with Crippen molar-refractivity contribution in [2.45, 2.75) is 32.9 Å². The number of hydrogen-bond donors (Lipinski definition) is 0. The first-order chi connectivity index (χ1) is 11.6. The highest BCUT2D eigenvalue weighted by Crippen LogP contribution is 2.32. The van der Waals surface area contributed by atoms with Crippen molar-refractivity contribution in [1.82, 2.24) is 9.47 Å². The Labute approximate surface area is 142 Å². The summed E-state index contributed by atoms with van der Waals surface area (Å²) in [6, 6.07) is 17.2. The fourth-order valence-electron chi connectivity index (χ4n) is 3.71. The summed E-state index contributed by atoms with van der Waals surface area (Å²) in [4.78, 5) is 14.1. The van der Waals surface area contributed by atoms with Crippen molar-refractivity contribution in [2.75, 3.05) is 7.05 Å². The van der Waals surface area contributed by atoms with Crippen LogP contribution in [0, 0.1) is 6.92 Å². The molecule has 2 aromatic carbocycles. The number of nitrogens with zero attached hydrogens (tertiary/aromatic N) is 2. The summed E-state index contributed by atoms with van der Waals surface area (Å²) in [7, 11) is 1.90. The lowest BCUT2D eigenvalue weighted by Gasteiger charge is -2.24. The molecular formula is C21H22N2O. The zero-order valence-electron chi connectivity index (χ0n) is 14.2. The average Bonchev–Trinajstić information content (AvgIpc) is 2.87. The Kier molecular flexibility index (Phi) is 3.64. The van der Waals surface area contributed by atoms with Gasteiger partial charge in [0.1, 0.15) is 0 Å². The molecule has 3 heteroatoms. The first-order valence-corrected chi connectivity index (χ1v) is 8.52. The van der Waals surface area contributed by atoms with E-state index in [4.69, 9.17) is 0 Å². The van der Waals surface area contributed by atoms with Crippen molar-refractivity contribution < 1.29 is 4.79 Å². The standard InChI is InChI=1S/C21H22N2O/c1-15-8-9-19-17(12-15)18-14-22(2)21(24)13-20(18)23(19)11-10-16-6-4-3-5-7-16/h3-9,12H,10-11,13-14H2,1-2H3. The second kappa shape index (κ2) is 5.82. The van der Waals surface area contributed by atoms with Gasteiger partial charge in [0.15, 0.2) is 0 Å². The molecule has 0 atom stereocenters. The lowest BCUT2D eigenvalue weighted by atomic mass is 10.0. The molecule has 0 spiro atoms. The third kappa shape index (κ3) is 2.50. The molecule has 1 aliphatic rings. The zero-order valence-corrected chi connectivity index (χ0v) is 14.2. The molecule has 0 N–H and O–H groups in total. The van der Waals surface area contributed by atoms with Crippen LogP contribution in [0.15, 0.2) is 48.5 Å². The third-order valence-corrected chi connectivity index (χ3v) is 5.05. The quantitative estimate of drug-likeness (QED) is 0.723. The minimum Gasteiger partial charge on any atom is -0.343 e. The highest BCUT2D eigenvalue weighted by atomic mass is 16.2. The monoisotopic (exact) mass is 318 g/mol. The van der Waals surface area contributed by atoms with Crippen LogP contribution in [0.25, 0.3) is 10.9 Å². The van der Waals surface area contributed by atoms with Crippen molar-refractivity contribution >= 4 is 16.8 Å². The van der Waals surface area contributed by atoms with Gasteiger partial charge in [-0.3, -0.25) is 4.79 Å². The summed E-state index contributed by atoms with van der Waals surface area (Å²) in [6.45, 7) is 3.76. The number of aryl methyl sites for hydroxylation is 3. The Morgan fingerprint density at radius 3 is 2.67 bits per heavy atom. The van der Waals surface area contributed by atoms with Crippen LogP contribution in [-0.4, -0.2) is 22.4 Å². The molecule has 0 bridgehead atoms. The molecule has 3 nitrogen and oxygen atoms in total. The SMILES string of the molecule is Cc1ccc2c(c1)c1c(n2CCc2ccccc2)CC(=O)N(C)C1. The van der Waals surface area contributed by atoms with Gasteiger partial charge in [-0.05, 0) is 31.0 Å². The summed E-state index contributed by atoms with van der Waals surface area (Å²) in [6.07, 6.45) is 1.49. The minimum atomic E-state index is 0.211. The molecule has 0 radical (unpaired) electrons. The van der Waals surface area contributed by atoms with Gasteiger partial charge in [-0.1, -0.05) is 42.0 Å². The second-order valence-corrected chi connectivity index (χ2v) is 6.76. The number of hydrogen-bond acceptors (Lipinski definition) is 1. The van der Waals surface area contributed by atoms with Crippen molar-refractivity contribution in [3.8, 4) is 0 Å². The van der Waals surface area contributed by atoms with Crippen LogP contribution in [0.1, 0.15) is 22.4 Å². The zero-order chi connectivity index (χ0) is 16.7. The van der Waals surface area contributed by atoms with Crippen LogP contribution >= 0.6 is 0 Å². The molecule has 24 heavy (non-hydrogen) atoms. The Hall–Kier alpha value is -2.55. The number of likely N-dealkylation sites (N-methyl/N-ethyl adjacent to an activating group) is 1. The van der Waals surface area contributed by atoms with Crippen LogP contribution in [0.5, 0.6) is 0 Å². The molecule has 1 aromatic heterocycles. The number of aromatic nitrogens is 1. The molecule has 4 rings (SSSR count). The van der Waals surface area contributed by atoms with Gasteiger partial charge in [0.25, 0.3) is 0 Å². The summed E-state index contributed by atoms with van der Waals surface area (Å²) in [5.41, 5.74) is 6.38. The second-order valence-electron chi connectivity index (χ2n) is 6.76. The molecule has 1 amide bonds. The van der Waals surface area contributed by atoms with Gasteiger partial charge in [-0.15, -0.1) is 0 Å². The maximum absolute atomic E-state index is 12.2. The van der Waals surface area contributed by atoms with Gasteiger partial charge in [0.05, 0.1) is 6.42 Å². The predicted octanol–water partition coefficient (Wildman–Crippen LogP) is 3.71. The Morgan fingerprint density at radius 1 is 1.08 bits per heavy atom. The number of rotatable bonds is 3. The minimum absolute atomic E-state index is 0.211. The van der Waals surface area contributed by atoms with E-state index in [2.05, 4.69) is 54.0 Å². The number of benzene rings is 2. The average molecular weight is 318 g/mol. The fourth-order valence-corrected chi connectivity index (χ4v) is 3.71. The molecule has 0 saturated carbocycles. The smallest absolute Gasteiger partial charge is 0.228 e. The van der Waals surface area contributed by atoms with Gasteiger partial charge < -0.3 is 9.47 Å². The first kappa shape index (κ1) is 15.0. The van der Waals surface area contributed by atoms with E-state index in [1.807, 2.05) is 18.0 Å². The highest BCUT2D eigenvalue weighted by Gasteiger charge is 2.26. The number of amides is 1. The van der Waals surface area contributed by atoms with E-state index in [0.29, 0.717) is 13.0 Å². The maximum atomic E-state index is 12.2. The van der Waals surface area contributed by atoms with Crippen LogP contribution < -0.4 is 0 Å². The van der Waals surface area contributed by atoms with Crippen molar-refractivity contribution in [1.29, 1.82) is 0 Å². The van der Waals surface area contributed by atoms with E-state index < -0.39 is 0 Å². The Morgan fingerprint density at radius 2 is 1.88 bits per heavy atom. The first-order valence-electron chi connectivity index (χ1n) is 8.52. The lowest BCUT2D eigenvalue weighted by molar-refractivity contribution is -0.130. The molecule has 0 unspecified atom stereocenters. The van der Waals surface area contributed by atoms with E-state index in [-0.39, 0.29) is 5.91 Å². The molecule has 0 aliphatic carbocycles. The molecule has 3 aromatic rings. The van der Waals surface area contributed by atoms with Crippen LogP contribution in [0.3, 0.4) is 0 Å². The van der Waals surface area contributed by atoms with Gasteiger partial charge in [0.2, 0.25) is 5.91 Å². The van der Waals surface area contributed by atoms with Gasteiger partial charge in [-0.2, -0.15) is 0 Å². The van der Waals surface area contributed by atoms with Crippen molar-refractivity contribution in [3.63, 3.8) is 0 Å². The number of carbonyl (C=O) groups excluding carboxylic acids is 1. The highest BCUT2D eigenvalue weighted by molar-refractivity contribution is 5.91. The van der Waals surface area contributed by atoms with Gasteiger partial charge in [0, 0.05) is 42.3 Å². The van der Waals surface area contributed by atoms with Gasteiger partial charge in [-0.25, -0.2) is 0 Å². The molecular weight excluding hydrogens is 296 g/mol. The Bertz CT molecular complexity index is 908. The van der Waals surface area contributed by atoms with Crippen molar-refractivity contribution in [2.24, 2.45) is 0 Å². The van der Waals surface area contributed by atoms with E-state index in [0.717, 1.165) is 13.0 Å². The topological polar surface area (TPSA) is 25.2 Å². The van der Waals surface area contributed by atoms with E-state index in [9.17, 15) is 4.79 Å². The van der Waals surface area contributed by atoms with Crippen LogP contribution in [0.2, 0.25) is 0 Å². The third-order valence-electron chi connectivity index (χ3n) is 5.05. The molecule has 1 aliphatic heterocycles. The van der Waals surface area contributed by atoms with E-state index >= 15 is 0 Å². The number of carbonyl (C=O) groups is 1. The molecule has 0 fully saturated rings. The van der Waals surface area contributed by atoms with E-state index in [1.54, 1.807) is 0 Å². The lowest BCUT2D eigenvalue weighted by Crippen LogP contribution is -2.33. The summed E-state index contributed by atoms with van der Waals surface area (Å²) >= 11 is 0. The van der Waals surface area contributed by atoms with Gasteiger partial charge >= 0.3 is 0 Å². The predicted molar refractivity (Wildman–Crippen MR) is 97.0 cm³/mol. The maximum Gasteiger partial charge on any atom is 0.228 e. The normalized spacial score (nSPS) is 14.2. The largest absolute Gasteiger partial charge is 0.343 e. The van der Waals surface area contributed by atoms with Crippen LogP contribution in [-0.2, 0) is 30.7 Å². The van der Waals surface area contributed by atoms with Crippen molar-refractivity contribution in [3.05, 3.63) is 70.9 Å². The molecule has 122 valence electrons. The summed E-state index contributed by atoms with van der Waals surface area (Å²) < 4.78 is 2.36. The Balaban J connectivity index is 1.79. The summed E-state index contributed by atoms with van der Waals surface area (Å²) in [5.74, 6) is 0.211. The van der Waals surface area contributed by atoms with Crippen LogP contribution in [0.4, 0.5) is 0 Å². The molecule has 2 heterocycles. The van der Waals surface area contributed by atoms with E-state index in [1.165, 1.54) is 33.3 Å². The number of fused-ring (bicyclic) bond motifs is 3. The summed E-state index contributed by atoms with van der Waals surface area (Å²) in [5, 5.41) is 1.30. The molecule has 0 saturated heterocycles.